The minimum atomic E-state index is 0.114. The first-order valence-corrected chi connectivity index (χ1v) is 10.4. The average Bonchev–Trinajstić information content (AvgIpc) is 3.18. The van der Waals surface area contributed by atoms with Crippen molar-refractivity contribution in [3.05, 3.63) is 64.7 Å². The van der Waals surface area contributed by atoms with Gasteiger partial charge in [-0.15, -0.1) is 0 Å². The summed E-state index contributed by atoms with van der Waals surface area (Å²) < 4.78 is 5.64. The fourth-order valence-corrected chi connectivity index (χ4v) is 5.27. The largest absolute Gasteiger partial charge is 0.493 e. The molecule has 2 aromatic rings. The molecule has 146 valence electrons. The molecule has 5 rings (SSSR count). The molecule has 3 aliphatic rings. The van der Waals surface area contributed by atoms with E-state index < -0.39 is 0 Å². The summed E-state index contributed by atoms with van der Waals surface area (Å²) in [6, 6.07) is 15.4. The molecule has 0 saturated carbocycles. The lowest BCUT2D eigenvalue weighted by atomic mass is 9.69. The van der Waals surface area contributed by atoms with Crippen LogP contribution >= 0.6 is 0 Å². The third-order valence-electron chi connectivity index (χ3n) is 6.86. The number of nitrogens with zero attached hydrogens (tertiary/aromatic N) is 2. The fourth-order valence-electron chi connectivity index (χ4n) is 5.27. The molecule has 0 aliphatic carbocycles. The lowest BCUT2D eigenvalue weighted by molar-refractivity contribution is -0.131. The van der Waals surface area contributed by atoms with Gasteiger partial charge in [-0.25, -0.2) is 0 Å². The van der Waals surface area contributed by atoms with Crippen molar-refractivity contribution in [2.75, 3.05) is 26.2 Å². The molecule has 1 saturated heterocycles. The second-order valence-corrected chi connectivity index (χ2v) is 8.63. The highest BCUT2D eigenvalue weighted by Gasteiger charge is 2.42. The van der Waals surface area contributed by atoms with Crippen LogP contribution in [0.25, 0.3) is 0 Å². The second kappa shape index (κ2) is 6.93. The minimum absolute atomic E-state index is 0.114. The molecule has 0 N–H and O–H groups in total. The van der Waals surface area contributed by atoms with Crippen molar-refractivity contribution < 1.29 is 9.53 Å². The second-order valence-electron chi connectivity index (χ2n) is 8.63. The number of amides is 1. The summed E-state index contributed by atoms with van der Waals surface area (Å²) in [7, 11) is 0. The van der Waals surface area contributed by atoms with Crippen LogP contribution in [0.4, 0.5) is 0 Å². The van der Waals surface area contributed by atoms with E-state index in [1.165, 1.54) is 22.3 Å². The maximum Gasteiger partial charge on any atom is 0.219 e. The zero-order chi connectivity index (χ0) is 19.1. The lowest BCUT2D eigenvalue weighted by Gasteiger charge is -2.48. The molecule has 3 heterocycles. The summed E-state index contributed by atoms with van der Waals surface area (Å²) in [6.45, 7) is 7.30. The van der Waals surface area contributed by atoms with Crippen molar-refractivity contribution in [2.24, 2.45) is 0 Å². The summed E-state index contributed by atoms with van der Waals surface area (Å²) in [4.78, 5) is 16.7. The molecular formula is C24H28N2O2. The van der Waals surface area contributed by atoms with Crippen LogP contribution in [0.2, 0.25) is 0 Å². The third-order valence-corrected chi connectivity index (χ3v) is 6.86. The summed E-state index contributed by atoms with van der Waals surface area (Å²) in [6.07, 6.45) is 3.26. The number of likely N-dealkylation sites (tertiary alicyclic amines) is 1. The first kappa shape index (κ1) is 17.7. The number of hydrogen-bond donors (Lipinski definition) is 0. The monoisotopic (exact) mass is 376 g/mol. The number of carbonyl (C=O) groups is 1. The van der Waals surface area contributed by atoms with E-state index in [2.05, 4.69) is 47.4 Å². The van der Waals surface area contributed by atoms with Gasteiger partial charge in [0, 0.05) is 38.4 Å². The molecule has 0 aromatic heterocycles. The van der Waals surface area contributed by atoms with Crippen molar-refractivity contribution in [1.82, 2.24) is 9.80 Å². The molecule has 2 aromatic carbocycles. The fraction of sp³-hybridized carbons (Fsp3) is 0.458. The van der Waals surface area contributed by atoms with Gasteiger partial charge in [0.25, 0.3) is 0 Å². The SMILES string of the molecule is CC(=O)N1Cc2ccccc2C2(CCN(Cc3ccc4c(c3)CCO4)CC2)C1. The van der Waals surface area contributed by atoms with Crippen LogP contribution in [0.5, 0.6) is 5.75 Å². The molecule has 4 nitrogen and oxygen atoms in total. The van der Waals surface area contributed by atoms with E-state index in [0.29, 0.717) is 0 Å². The predicted molar refractivity (Wildman–Crippen MR) is 109 cm³/mol. The Balaban J connectivity index is 1.32. The van der Waals surface area contributed by atoms with Gasteiger partial charge in [0.15, 0.2) is 0 Å². The first-order valence-electron chi connectivity index (χ1n) is 10.4. The molecule has 28 heavy (non-hydrogen) atoms. The lowest BCUT2D eigenvalue weighted by Crippen LogP contribution is -2.52. The number of rotatable bonds is 2. The molecule has 3 aliphatic heterocycles. The standard InChI is InChI=1S/C24H28N2O2/c1-18(27)26-16-21-4-2-3-5-22(21)24(17-26)9-11-25(12-10-24)15-19-6-7-23-20(14-19)8-13-28-23/h2-7,14H,8-13,15-17H2,1H3. The Morgan fingerprint density at radius 3 is 2.75 bits per heavy atom. The Kier molecular flexibility index (Phi) is 4.39. The van der Waals surface area contributed by atoms with Crippen LogP contribution in [-0.4, -0.2) is 41.9 Å². The molecule has 1 spiro atoms. The van der Waals surface area contributed by atoms with Gasteiger partial charge in [0.1, 0.15) is 5.75 Å². The first-order chi connectivity index (χ1) is 13.6. The quantitative estimate of drug-likeness (QED) is 0.804. The Bertz CT molecular complexity index is 899. The molecule has 4 heteroatoms. The number of fused-ring (bicyclic) bond motifs is 3. The third kappa shape index (κ3) is 3.10. The van der Waals surface area contributed by atoms with Gasteiger partial charge in [-0.1, -0.05) is 36.4 Å². The zero-order valence-corrected chi connectivity index (χ0v) is 16.6. The van der Waals surface area contributed by atoms with Crippen LogP contribution in [-0.2, 0) is 29.7 Å². The van der Waals surface area contributed by atoms with Crippen LogP contribution in [0, 0.1) is 0 Å². The van der Waals surface area contributed by atoms with E-state index >= 15 is 0 Å². The highest BCUT2D eigenvalue weighted by Crippen LogP contribution is 2.42. The summed E-state index contributed by atoms with van der Waals surface area (Å²) in [5.41, 5.74) is 5.65. The van der Waals surface area contributed by atoms with E-state index in [-0.39, 0.29) is 11.3 Å². The zero-order valence-electron chi connectivity index (χ0n) is 16.6. The number of carbonyl (C=O) groups excluding carboxylic acids is 1. The number of benzene rings is 2. The molecule has 0 bridgehead atoms. The summed E-state index contributed by atoms with van der Waals surface area (Å²) in [5, 5.41) is 0. The normalized spacial score (nSPS) is 20.5. The van der Waals surface area contributed by atoms with Gasteiger partial charge in [0.05, 0.1) is 6.61 Å². The van der Waals surface area contributed by atoms with Crippen LogP contribution < -0.4 is 4.74 Å². The highest BCUT2D eigenvalue weighted by atomic mass is 16.5. The summed E-state index contributed by atoms with van der Waals surface area (Å²) >= 11 is 0. The van der Waals surface area contributed by atoms with Gasteiger partial charge in [-0.05, 0) is 54.3 Å². The van der Waals surface area contributed by atoms with Gasteiger partial charge in [-0.3, -0.25) is 9.69 Å². The molecule has 1 fully saturated rings. The Hall–Kier alpha value is -2.33. The van der Waals surface area contributed by atoms with Gasteiger partial charge in [0.2, 0.25) is 5.91 Å². The molecule has 0 atom stereocenters. The topological polar surface area (TPSA) is 32.8 Å². The van der Waals surface area contributed by atoms with E-state index in [0.717, 1.165) is 64.3 Å². The number of ether oxygens (including phenoxy) is 1. The number of piperidine rings is 1. The van der Waals surface area contributed by atoms with Crippen molar-refractivity contribution in [1.29, 1.82) is 0 Å². The smallest absolute Gasteiger partial charge is 0.219 e. The maximum absolute atomic E-state index is 12.1. The van der Waals surface area contributed by atoms with E-state index in [4.69, 9.17) is 4.74 Å². The van der Waals surface area contributed by atoms with Gasteiger partial charge < -0.3 is 9.64 Å². The average molecular weight is 377 g/mol. The van der Waals surface area contributed by atoms with Gasteiger partial charge >= 0.3 is 0 Å². The van der Waals surface area contributed by atoms with E-state index in [1.807, 2.05) is 4.90 Å². The molecule has 0 unspecified atom stereocenters. The molecular weight excluding hydrogens is 348 g/mol. The summed E-state index contributed by atoms with van der Waals surface area (Å²) in [5.74, 6) is 1.25. The van der Waals surface area contributed by atoms with Crippen molar-refractivity contribution in [2.45, 2.75) is 44.7 Å². The predicted octanol–water partition coefficient (Wildman–Crippen LogP) is 3.52. The Morgan fingerprint density at radius 1 is 1.11 bits per heavy atom. The van der Waals surface area contributed by atoms with E-state index in [1.54, 1.807) is 6.92 Å². The maximum atomic E-state index is 12.1. The van der Waals surface area contributed by atoms with Gasteiger partial charge in [-0.2, -0.15) is 0 Å². The van der Waals surface area contributed by atoms with Crippen molar-refractivity contribution in [3.63, 3.8) is 0 Å². The highest BCUT2D eigenvalue weighted by molar-refractivity contribution is 5.74. The minimum Gasteiger partial charge on any atom is -0.493 e. The van der Waals surface area contributed by atoms with E-state index in [9.17, 15) is 4.79 Å². The van der Waals surface area contributed by atoms with Crippen molar-refractivity contribution in [3.8, 4) is 5.75 Å². The van der Waals surface area contributed by atoms with Crippen LogP contribution in [0.3, 0.4) is 0 Å². The Labute approximate surface area is 167 Å². The Morgan fingerprint density at radius 2 is 1.93 bits per heavy atom. The van der Waals surface area contributed by atoms with Crippen LogP contribution in [0.15, 0.2) is 42.5 Å². The van der Waals surface area contributed by atoms with Crippen LogP contribution in [0.1, 0.15) is 42.0 Å². The number of hydrogen-bond acceptors (Lipinski definition) is 3. The molecule has 1 amide bonds. The molecule has 0 radical (unpaired) electrons. The van der Waals surface area contributed by atoms with Crippen molar-refractivity contribution >= 4 is 5.91 Å².